The third kappa shape index (κ3) is 6.58. The Hall–Kier alpha value is -8.92. The van der Waals surface area contributed by atoms with Crippen LogP contribution in [-0.4, -0.2) is 0 Å². The molecule has 0 N–H and O–H groups in total. The number of allylic oxidation sites excluding steroid dienone is 4. The van der Waals surface area contributed by atoms with Crippen molar-refractivity contribution < 1.29 is 4.42 Å². The van der Waals surface area contributed by atoms with Gasteiger partial charge in [-0.15, -0.1) is 0 Å². The number of hydrogen-bond donors (Lipinski definition) is 0. The summed E-state index contributed by atoms with van der Waals surface area (Å²) < 4.78 is 6.37. The van der Waals surface area contributed by atoms with Crippen molar-refractivity contribution in [3.8, 4) is 22.3 Å². The molecule has 0 amide bonds. The normalized spacial score (nSPS) is 14.7. The van der Waals surface area contributed by atoms with E-state index in [4.69, 9.17) is 4.42 Å². The fourth-order valence-electron chi connectivity index (χ4n) is 11.2. The summed E-state index contributed by atoms with van der Waals surface area (Å²) >= 11 is 0. The second kappa shape index (κ2) is 16.4. The average Bonchev–Trinajstić information content (AvgIpc) is 3.95. The SMILES string of the molecule is C=C1/C=C\C=C/Cc2cc(-c3ccc4c(c3)C(c3ccccc3)(c3ccccc3)c3cc(N(c5ccc6oc7ccccc7c6c5)c5cccc6ccccc56)ccc3-4)ccc2N1c1ccccc1. The van der Waals surface area contributed by atoms with E-state index in [-0.39, 0.29) is 0 Å². The van der Waals surface area contributed by atoms with Crippen LogP contribution < -0.4 is 9.80 Å². The van der Waals surface area contributed by atoms with Crippen LogP contribution >= 0.6 is 0 Å². The van der Waals surface area contributed by atoms with Crippen LogP contribution in [0.5, 0.6) is 0 Å². The van der Waals surface area contributed by atoms with E-state index in [0.29, 0.717) is 0 Å². The molecule has 2 aliphatic rings. The van der Waals surface area contributed by atoms with Gasteiger partial charge in [0, 0.05) is 44.6 Å². The van der Waals surface area contributed by atoms with Gasteiger partial charge in [0.15, 0.2) is 0 Å². The summed E-state index contributed by atoms with van der Waals surface area (Å²) in [6.07, 6.45) is 9.33. The molecule has 0 atom stereocenters. The molecule has 10 aromatic carbocycles. The molecule has 11 aromatic rings. The minimum Gasteiger partial charge on any atom is -0.456 e. The fourth-order valence-corrected chi connectivity index (χ4v) is 11.2. The summed E-state index contributed by atoms with van der Waals surface area (Å²) in [5.41, 5.74) is 18.5. The van der Waals surface area contributed by atoms with E-state index in [2.05, 4.69) is 265 Å². The van der Waals surface area contributed by atoms with Crippen LogP contribution in [0.25, 0.3) is 55.0 Å². The van der Waals surface area contributed by atoms with Crippen LogP contribution in [0.3, 0.4) is 0 Å². The molecule has 1 aliphatic carbocycles. The summed E-state index contributed by atoms with van der Waals surface area (Å²) in [6, 6.07) is 84.3. The Bertz CT molecular complexity index is 3800. The van der Waals surface area contributed by atoms with E-state index in [1.807, 2.05) is 6.07 Å². The maximum absolute atomic E-state index is 6.37. The number of rotatable bonds is 7. The van der Waals surface area contributed by atoms with Crippen LogP contribution in [0.2, 0.25) is 0 Å². The minimum atomic E-state index is -0.647. The number of furan rings is 1. The number of fused-ring (bicyclic) bond motifs is 8. The first-order chi connectivity index (χ1) is 34.1. The van der Waals surface area contributed by atoms with Gasteiger partial charge in [0.25, 0.3) is 0 Å². The van der Waals surface area contributed by atoms with E-state index in [1.165, 1.54) is 60.8 Å². The maximum atomic E-state index is 6.37. The quantitative estimate of drug-likeness (QED) is 0.159. The molecule has 0 saturated carbocycles. The Morgan fingerprint density at radius 1 is 0.478 bits per heavy atom. The lowest BCUT2D eigenvalue weighted by molar-refractivity contribution is 0.669. The van der Waals surface area contributed by atoms with Gasteiger partial charge in [-0.1, -0.05) is 183 Å². The molecule has 0 spiro atoms. The van der Waals surface area contributed by atoms with Crippen LogP contribution in [0.1, 0.15) is 27.8 Å². The van der Waals surface area contributed by atoms with Crippen molar-refractivity contribution in [3.05, 3.63) is 295 Å². The number of nitrogens with zero attached hydrogens (tertiary/aromatic N) is 2. The molecule has 1 aromatic heterocycles. The molecule has 326 valence electrons. The number of benzene rings is 10. The van der Waals surface area contributed by atoms with Gasteiger partial charge in [0.1, 0.15) is 11.2 Å². The van der Waals surface area contributed by atoms with Crippen molar-refractivity contribution in [2.75, 3.05) is 9.80 Å². The van der Waals surface area contributed by atoms with Crippen molar-refractivity contribution in [2.45, 2.75) is 11.8 Å². The van der Waals surface area contributed by atoms with Gasteiger partial charge in [-0.25, -0.2) is 0 Å². The lowest BCUT2D eigenvalue weighted by Gasteiger charge is -2.35. The second-order valence-electron chi connectivity index (χ2n) is 18.1. The zero-order chi connectivity index (χ0) is 45.9. The summed E-state index contributed by atoms with van der Waals surface area (Å²) in [5, 5.41) is 4.56. The van der Waals surface area contributed by atoms with Gasteiger partial charge in [-0.05, 0) is 141 Å². The third-order valence-corrected chi connectivity index (χ3v) is 14.2. The molecule has 3 heteroatoms. The van der Waals surface area contributed by atoms with Gasteiger partial charge in [-0.2, -0.15) is 0 Å². The number of hydrogen-bond acceptors (Lipinski definition) is 3. The largest absolute Gasteiger partial charge is 0.456 e. The summed E-state index contributed by atoms with van der Waals surface area (Å²) in [6.45, 7) is 4.51. The van der Waals surface area contributed by atoms with Crippen molar-refractivity contribution in [1.29, 1.82) is 0 Å². The molecule has 0 unspecified atom stereocenters. The lowest BCUT2D eigenvalue weighted by atomic mass is 9.67. The lowest BCUT2D eigenvalue weighted by Crippen LogP contribution is -2.28. The molecular formula is C66H46N2O. The highest BCUT2D eigenvalue weighted by Crippen LogP contribution is 2.58. The van der Waals surface area contributed by atoms with Gasteiger partial charge >= 0.3 is 0 Å². The highest BCUT2D eigenvalue weighted by atomic mass is 16.3. The number of para-hydroxylation sites is 2. The number of anilines is 5. The van der Waals surface area contributed by atoms with E-state index < -0.39 is 5.41 Å². The monoisotopic (exact) mass is 882 g/mol. The highest BCUT2D eigenvalue weighted by molar-refractivity contribution is 6.08. The average molecular weight is 883 g/mol. The van der Waals surface area contributed by atoms with Crippen LogP contribution in [-0.2, 0) is 11.8 Å². The predicted molar refractivity (Wildman–Crippen MR) is 288 cm³/mol. The Labute approximate surface area is 402 Å². The smallest absolute Gasteiger partial charge is 0.135 e. The Kier molecular flexibility index (Phi) is 9.62. The van der Waals surface area contributed by atoms with Crippen LogP contribution in [0.15, 0.2) is 272 Å². The van der Waals surface area contributed by atoms with Crippen molar-refractivity contribution in [3.63, 3.8) is 0 Å². The fraction of sp³-hybridized carbons (Fsp3) is 0.0303. The topological polar surface area (TPSA) is 19.6 Å². The van der Waals surface area contributed by atoms with Crippen LogP contribution in [0, 0.1) is 0 Å². The first kappa shape index (κ1) is 40.4. The highest BCUT2D eigenvalue weighted by Gasteiger charge is 2.46. The molecule has 13 rings (SSSR count). The second-order valence-corrected chi connectivity index (χ2v) is 18.1. The molecule has 3 nitrogen and oxygen atoms in total. The molecule has 2 heterocycles. The van der Waals surface area contributed by atoms with Gasteiger partial charge < -0.3 is 14.2 Å². The predicted octanol–water partition coefficient (Wildman–Crippen LogP) is 17.6. The van der Waals surface area contributed by atoms with Crippen molar-refractivity contribution in [1.82, 2.24) is 0 Å². The molecule has 0 saturated heterocycles. The van der Waals surface area contributed by atoms with Gasteiger partial charge in [0.05, 0.1) is 11.1 Å². The van der Waals surface area contributed by atoms with Crippen molar-refractivity contribution >= 4 is 61.1 Å². The molecule has 0 radical (unpaired) electrons. The van der Waals surface area contributed by atoms with E-state index >= 15 is 0 Å². The van der Waals surface area contributed by atoms with E-state index in [0.717, 1.165) is 62.5 Å². The third-order valence-electron chi connectivity index (χ3n) is 14.2. The van der Waals surface area contributed by atoms with Crippen LogP contribution in [0.4, 0.5) is 28.4 Å². The Morgan fingerprint density at radius 2 is 1.09 bits per heavy atom. The van der Waals surface area contributed by atoms with Crippen molar-refractivity contribution in [2.24, 2.45) is 0 Å². The van der Waals surface area contributed by atoms with E-state index in [9.17, 15) is 0 Å². The maximum Gasteiger partial charge on any atom is 0.135 e. The zero-order valence-corrected chi connectivity index (χ0v) is 38.0. The molecule has 1 aliphatic heterocycles. The summed E-state index contributed by atoms with van der Waals surface area (Å²) in [4.78, 5) is 4.71. The zero-order valence-electron chi connectivity index (χ0n) is 38.0. The first-order valence-corrected chi connectivity index (χ1v) is 23.7. The summed E-state index contributed by atoms with van der Waals surface area (Å²) in [5.74, 6) is 0. The van der Waals surface area contributed by atoms with E-state index in [1.54, 1.807) is 0 Å². The molecule has 69 heavy (non-hydrogen) atoms. The molecular weight excluding hydrogens is 837 g/mol. The Morgan fingerprint density at radius 3 is 1.88 bits per heavy atom. The minimum absolute atomic E-state index is 0.647. The standard InChI is InChI=1S/C66H46N2O/c1-45-19-6-2-7-21-49-41-47(34-39-62(49)67(45)52-27-12-5-13-28-52)48-33-37-56-57-38-35-54(44-61(57)66(60(56)42-48,50-23-8-3-9-24-50)51-25-10-4-11-26-51)68(63-31-18-22-46-20-14-15-29-55(46)63)53-36-40-65-59(43-53)58-30-16-17-32-64(58)69-65/h2-20,22-44H,1,21H2/b7-2-,19-6-. The van der Waals surface area contributed by atoms with Gasteiger partial charge in [-0.3, -0.25) is 0 Å². The first-order valence-electron chi connectivity index (χ1n) is 23.7. The molecule has 0 bridgehead atoms. The summed E-state index contributed by atoms with van der Waals surface area (Å²) in [7, 11) is 0. The Balaban J connectivity index is 1.03. The van der Waals surface area contributed by atoms with Gasteiger partial charge in [0.2, 0.25) is 0 Å². The molecule has 0 fully saturated rings.